The fourth-order valence-electron chi connectivity index (χ4n) is 2.43. The summed E-state index contributed by atoms with van der Waals surface area (Å²) in [7, 11) is 0. The second kappa shape index (κ2) is 9.57. The Morgan fingerprint density at radius 3 is 2.83 bits per heavy atom. The molecular formula is C18H21ClN2O2S. The highest BCUT2D eigenvalue weighted by molar-refractivity contribution is 7.98. The van der Waals surface area contributed by atoms with Crippen LogP contribution in [0.1, 0.15) is 22.5 Å². The average Bonchev–Trinajstić information content (AvgIpc) is 3.08. The van der Waals surface area contributed by atoms with Crippen molar-refractivity contribution in [1.82, 2.24) is 10.6 Å². The summed E-state index contributed by atoms with van der Waals surface area (Å²) in [6.45, 7) is 2.44. The molecule has 0 fully saturated rings. The van der Waals surface area contributed by atoms with Crippen molar-refractivity contribution in [3.05, 3.63) is 65.6 Å². The van der Waals surface area contributed by atoms with Crippen molar-refractivity contribution in [2.24, 2.45) is 0 Å². The lowest BCUT2D eigenvalue weighted by molar-refractivity contribution is 0.0928. The van der Waals surface area contributed by atoms with Crippen LogP contribution < -0.4 is 10.6 Å². The van der Waals surface area contributed by atoms with Crippen molar-refractivity contribution in [1.29, 1.82) is 0 Å². The van der Waals surface area contributed by atoms with Crippen molar-refractivity contribution in [3.63, 3.8) is 0 Å². The lowest BCUT2D eigenvalue weighted by atomic mass is 10.1. The van der Waals surface area contributed by atoms with Crippen molar-refractivity contribution in [2.45, 2.75) is 17.1 Å². The van der Waals surface area contributed by atoms with Crippen LogP contribution in [0, 0.1) is 0 Å². The zero-order valence-corrected chi connectivity index (χ0v) is 14.9. The van der Waals surface area contributed by atoms with Gasteiger partial charge in [-0.2, -0.15) is 0 Å². The number of carbonyl (C=O) groups is 1. The third-order valence-electron chi connectivity index (χ3n) is 3.72. The van der Waals surface area contributed by atoms with Gasteiger partial charge < -0.3 is 15.1 Å². The maximum atomic E-state index is 12.3. The van der Waals surface area contributed by atoms with Crippen LogP contribution in [0.15, 0.2) is 63.6 Å². The molecule has 1 aliphatic heterocycles. The van der Waals surface area contributed by atoms with Gasteiger partial charge in [-0.15, -0.1) is 24.2 Å². The quantitative estimate of drug-likeness (QED) is 0.607. The molecule has 3 rings (SSSR count). The van der Waals surface area contributed by atoms with E-state index in [1.54, 1.807) is 18.0 Å². The highest BCUT2D eigenvalue weighted by atomic mass is 35.5. The van der Waals surface area contributed by atoms with Gasteiger partial charge >= 0.3 is 0 Å². The summed E-state index contributed by atoms with van der Waals surface area (Å²) in [5.74, 6) is 0.997. The molecule has 0 unspecified atom stereocenters. The van der Waals surface area contributed by atoms with Crippen LogP contribution in [-0.2, 0) is 5.75 Å². The van der Waals surface area contributed by atoms with Gasteiger partial charge in [-0.05, 0) is 31.2 Å². The Hall–Kier alpha value is -1.69. The number of furan rings is 1. The first-order chi connectivity index (χ1) is 11.3. The smallest absolute Gasteiger partial charge is 0.287 e. The Kier molecular flexibility index (Phi) is 7.43. The number of carbonyl (C=O) groups excluding carboxylic acids is 1. The molecule has 0 spiro atoms. The van der Waals surface area contributed by atoms with Gasteiger partial charge in [-0.1, -0.05) is 29.8 Å². The number of halogens is 1. The summed E-state index contributed by atoms with van der Waals surface area (Å²) in [6.07, 6.45) is 4.70. The standard InChI is InChI=1S/C18H20N2O2S.ClH/c21-18(20-12-14-6-9-19-10-7-14)17-15(8-11-22-17)13-23-16-4-2-1-3-5-16;/h1-6,8,11,19H,7,9-10,12-13H2,(H,20,21);1H. The first-order valence-corrected chi connectivity index (χ1v) is 8.72. The molecule has 1 aliphatic rings. The third kappa shape index (κ3) is 5.16. The highest BCUT2D eigenvalue weighted by Crippen LogP contribution is 2.24. The van der Waals surface area contributed by atoms with E-state index in [0.717, 1.165) is 30.8 Å². The van der Waals surface area contributed by atoms with Crippen molar-refractivity contribution < 1.29 is 9.21 Å². The summed E-state index contributed by atoms with van der Waals surface area (Å²) < 4.78 is 5.40. The maximum absolute atomic E-state index is 12.3. The highest BCUT2D eigenvalue weighted by Gasteiger charge is 2.16. The Labute approximate surface area is 152 Å². The normalized spacial score (nSPS) is 13.8. The molecule has 2 aromatic rings. The zero-order chi connectivity index (χ0) is 15.9. The van der Waals surface area contributed by atoms with Gasteiger partial charge in [0.05, 0.1) is 6.26 Å². The summed E-state index contributed by atoms with van der Waals surface area (Å²) >= 11 is 1.70. The first kappa shape index (κ1) is 18.6. The van der Waals surface area contributed by atoms with Crippen LogP contribution in [0.25, 0.3) is 0 Å². The summed E-state index contributed by atoms with van der Waals surface area (Å²) in [5, 5.41) is 6.22. The van der Waals surface area contributed by atoms with E-state index in [0.29, 0.717) is 12.3 Å². The van der Waals surface area contributed by atoms with Gasteiger partial charge in [0.1, 0.15) is 0 Å². The maximum Gasteiger partial charge on any atom is 0.287 e. The number of rotatable bonds is 6. The van der Waals surface area contributed by atoms with E-state index < -0.39 is 0 Å². The molecule has 0 saturated heterocycles. The molecule has 2 heterocycles. The van der Waals surface area contributed by atoms with Gasteiger partial charge in [0, 0.05) is 29.3 Å². The van der Waals surface area contributed by atoms with Gasteiger partial charge in [0.2, 0.25) is 0 Å². The summed E-state index contributed by atoms with van der Waals surface area (Å²) in [4.78, 5) is 13.5. The van der Waals surface area contributed by atoms with E-state index in [9.17, 15) is 4.79 Å². The minimum absolute atomic E-state index is 0. The minimum atomic E-state index is -0.141. The monoisotopic (exact) mass is 364 g/mol. The Morgan fingerprint density at radius 2 is 2.08 bits per heavy atom. The number of amides is 1. The number of hydrogen-bond donors (Lipinski definition) is 2. The number of hydrogen-bond acceptors (Lipinski definition) is 4. The largest absolute Gasteiger partial charge is 0.459 e. The minimum Gasteiger partial charge on any atom is -0.459 e. The zero-order valence-electron chi connectivity index (χ0n) is 13.3. The van der Waals surface area contributed by atoms with E-state index in [4.69, 9.17) is 4.42 Å². The molecule has 1 aromatic carbocycles. The van der Waals surface area contributed by atoms with Crippen molar-refractivity contribution in [2.75, 3.05) is 19.6 Å². The Bertz CT molecular complexity index is 685. The molecule has 1 aromatic heterocycles. The molecule has 24 heavy (non-hydrogen) atoms. The SMILES string of the molecule is Cl.O=C(NCC1=CCNCC1)c1occc1CSc1ccccc1. The molecule has 0 aliphatic carbocycles. The van der Waals surface area contributed by atoms with Gasteiger partial charge in [0.25, 0.3) is 5.91 Å². The van der Waals surface area contributed by atoms with Gasteiger partial charge in [-0.3, -0.25) is 4.79 Å². The average molecular weight is 365 g/mol. The molecule has 128 valence electrons. The summed E-state index contributed by atoms with van der Waals surface area (Å²) in [5.41, 5.74) is 2.19. The number of benzene rings is 1. The van der Waals surface area contributed by atoms with E-state index in [2.05, 4.69) is 28.8 Å². The first-order valence-electron chi connectivity index (χ1n) is 7.74. The Morgan fingerprint density at radius 1 is 1.25 bits per heavy atom. The topological polar surface area (TPSA) is 54.3 Å². The van der Waals surface area contributed by atoms with Crippen molar-refractivity contribution in [3.8, 4) is 0 Å². The van der Waals surface area contributed by atoms with Crippen LogP contribution >= 0.6 is 24.2 Å². The molecule has 2 N–H and O–H groups in total. The van der Waals surface area contributed by atoms with Gasteiger partial charge in [-0.25, -0.2) is 0 Å². The molecule has 0 radical (unpaired) electrons. The number of nitrogens with one attached hydrogen (secondary N) is 2. The molecule has 1 amide bonds. The fourth-order valence-corrected chi connectivity index (χ4v) is 3.33. The van der Waals surface area contributed by atoms with Crippen LogP contribution in [0.4, 0.5) is 0 Å². The van der Waals surface area contributed by atoms with Crippen LogP contribution in [0.3, 0.4) is 0 Å². The molecular weight excluding hydrogens is 344 g/mol. The molecule has 0 atom stereocenters. The Balaban J connectivity index is 0.00000208. The van der Waals surface area contributed by atoms with Gasteiger partial charge in [0.15, 0.2) is 5.76 Å². The van der Waals surface area contributed by atoms with E-state index in [1.165, 1.54) is 10.5 Å². The molecule has 4 nitrogen and oxygen atoms in total. The lowest BCUT2D eigenvalue weighted by Gasteiger charge is -2.14. The second-order valence-corrected chi connectivity index (χ2v) is 6.42. The lowest BCUT2D eigenvalue weighted by Crippen LogP contribution is -2.29. The summed E-state index contributed by atoms with van der Waals surface area (Å²) in [6, 6.07) is 12.0. The fraction of sp³-hybridized carbons (Fsp3) is 0.278. The molecule has 6 heteroatoms. The second-order valence-electron chi connectivity index (χ2n) is 5.38. The number of thioether (sulfide) groups is 1. The van der Waals surface area contributed by atoms with Crippen molar-refractivity contribution >= 4 is 30.1 Å². The predicted octanol–water partition coefficient (Wildman–Crippen LogP) is 3.64. The predicted molar refractivity (Wildman–Crippen MR) is 99.9 cm³/mol. The van der Waals surface area contributed by atoms with Crippen LogP contribution in [0.2, 0.25) is 0 Å². The van der Waals surface area contributed by atoms with E-state index >= 15 is 0 Å². The van der Waals surface area contributed by atoms with E-state index in [-0.39, 0.29) is 18.3 Å². The van der Waals surface area contributed by atoms with Crippen LogP contribution in [0.5, 0.6) is 0 Å². The van der Waals surface area contributed by atoms with E-state index in [1.807, 2.05) is 24.3 Å². The van der Waals surface area contributed by atoms with Crippen LogP contribution in [-0.4, -0.2) is 25.5 Å². The molecule has 0 saturated carbocycles. The molecule has 0 bridgehead atoms. The third-order valence-corrected chi connectivity index (χ3v) is 4.79.